The van der Waals surface area contributed by atoms with Crippen molar-refractivity contribution in [2.75, 3.05) is 18.2 Å². The number of sulfone groups is 1. The number of ether oxygens (including phenoxy) is 1. The molecule has 0 fully saturated rings. The summed E-state index contributed by atoms with van der Waals surface area (Å²) in [5.74, 6) is -1.71. The van der Waals surface area contributed by atoms with Crippen LogP contribution in [-0.4, -0.2) is 43.0 Å². The fourth-order valence-corrected chi connectivity index (χ4v) is 1.91. The van der Waals surface area contributed by atoms with Gasteiger partial charge in [0.05, 0.1) is 5.02 Å². The number of amides is 1. The first-order valence-corrected chi connectivity index (χ1v) is 8.37. The molecule has 0 saturated heterocycles. The fraction of sp³-hybridized carbons (Fsp3) is 0.385. The third-order valence-corrected chi connectivity index (χ3v) is 5.35. The Labute approximate surface area is 133 Å². The lowest BCUT2D eigenvalue weighted by Crippen LogP contribution is -2.43. The van der Waals surface area contributed by atoms with Crippen molar-refractivity contribution in [1.29, 1.82) is 0 Å². The maximum absolute atomic E-state index is 12.0. The van der Waals surface area contributed by atoms with E-state index in [0.717, 1.165) is 6.26 Å². The second kappa shape index (κ2) is 6.53. The van der Waals surface area contributed by atoms with Crippen LogP contribution >= 0.6 is 11.6 Å². The number of aliphatic carboxylic acids is 1. The van der Waals surface area contributed by atoms with Crippen LogP contribution in [0.25, 0.3) is 0 Å². The topological polar surface area (TPSA) is 110 Å². The molecule has 0 unspecified atom stereocenters. The van der Waals surface area contributed by atoms with Crippen molar-refractivity contribution in [2.45, 2.75) is 18.6 Å². The van der Waals surface area contributed by atoms with E-state index in [1.165, 1.54) is 32.0 Å². The summed E-state index contributed by atoms with van der Waals surface area (Å²) in [6, 6.07) is 4.16. The highest BCUT2D eigenvalue weighted by molar-refractivity contribution is 7.92. The Kier molecular flexibility index (Phi) is 5.42. The van der Waals surface area contributed by atoms with Crippen LogP contribution in [0.3, 0.4) is 0 Å². The monoisotopic (exact) mass is 349 g/mol. The first kappa shape index (κ1) is 18.2. The zero-order chi connectivity index (χ0) is 17.1. The number of anilines is 1. The molecule has 7 nitrogen and oxygen atoms in total. The van der Waals surface area contributed by atoms with Crippen LogP contribution in [0, 0.1) is 0 Å². The largest absolute Gasteiger partial charge is 0.480 e. The zero-order valence-electron chi connectivity index (χ0n) is 12.2. The zero-order valence-corrected chi connectivity index (χ0v) is 13.8. The molecule has 1 aromatic rings. The van der Waals surface area contributed by atoms with Gasteiger partial charge in [-0.15, -0.1) is 0 Å². The van der Waals surface area contributed by atoms with Gasteiger partial charge in [-0.1, -0.05) is 11.6 Å². The third kappa shape index (κ3) is 4.35. The number of hydrogen-bond donors (Lipinski definition) is 2. The quantitative estimate of drug-likeness (QED) is 0.806. The first-order valence-electron chi connectivity index (χ1n) is 6.10. The third-order valence-electron chi connectivity index (χ3n) is 3.01. The first-order chi connectivity index (χ1) is 9.95. The number of halogens is 1. The lowest BCUT2D eigenvalue weighted by atomic mass is 10.2. The van der Waals surface area contributed by atoms with Crippen LogP contribution in [0.1, 0.15) is 13.8 Å². The Hall–Kier alpha value is -1.80. The van der Waals surface area contributed by atoms with Gasteiger partial charge >= 0.3 is 5.97 Å². The van der Waals surface area contributed by atoms with Crippen molar-refractivity contribution in [3.63, 3.8) is 0 Å². The highest BCUT2D eigenvalue weighted by Crippen LogP contribution is 2.28. The van der Waals surface area contributed by atoms with Crippen molar-refractivity contribution in [3.05, 3.63) is 23.2 Å². The molecule has 0 saturated carbocycles. The van der Waals surface area contributed by atoms with Gasteiger partial charge in [0.1, 0.15) is 10.5 Å². The summed E-state index contributed by atoms with van der Waals surface area (Å²) in [6.07, 6.45) is 0.975. The van der Waals surface area contributed by atoms with Crippen LogP contribution in [0.2, 0.25) is 5.02 Å². The van der Waals surface area contributed by atoms with Gasteiger partial charge in [0, 0.05) is 11.9 Å². The van der Waals surface area contributed by atoms with Crippen LogP contribution in [-0.2, 0) is 19.4 Å². The molecule has 22 heavy (non-hydrogen) atoms. The molecule has 1 aromatic carbocycles. The smallest absolute Gasteiger partial charge is 0.341 e. The molecule has 0 bridgehead atoms. The predicted octanol–water partition coefficient (Wildman–Crippen LogP) is 1.57. The molecule has 0 aromatic heterocycles. The van der Waals surface area contributed by atoms with Crippen molar-refractivity contribution < 1.29 is 27.9 Å². The van der Waals surface area contributed by atoms with Crippen molar-refractivity contribution in [3.8, 4) is 5.75 Å². The van der Waals surface area contributed by atoms with Crippen molar-refractivity contribution in [1.82, 2.24) is 0 Å². The molecule has 0 aliphatic heterocycles. The van der Waals surface area contributed by atoms with Gasteiger partial charge in [0.2, 0.25) is 5.91 Å². The summed E-state index contributed by atoms with van der Waals surface area (Å²) in [7, 11) is -3.59. The summed E-state index contributed by atoms with van der Waals surface area (Å²) in [5.41, 5.74) is 0.273. The molecule has 0 atom stereocenters. The Morgan fingerprint density at radius 1 is 1.36 bits per heavy atom. The summed E-state index contributed by atoms with van der Waals surface area (Å²) in [6.45, 7) is 2.04. The second-order valence-corrected chi connectivity index (χ2v) is 8.04. The Morgan fingerprint density at radius 3 is 2.41 bits per heavy atom. The molecule has 9 heteroatoms. The number of rotatable bonds is 6. The Bertz CT molecular complexity index is 698. The average Bonchev–Trinajstić information content (AvgIpc) is 2.36. The molecule has 0 aliphatic carbocycles. The van der Waals surface area contributed by atoms with Crippen LogP contribution < -0.4 is 10.1 Å². The molecule has 0 radical (unpaired) electrons. The molecule has 2 N–H and O–H groups in total. The van der Waals surface area contributed by atoms with Gasteiger partial charge in [-0.25, -0.2) is 13.2 Å². The summed E-state index contributed by atoms with van der Waals surface area (Å²) in [5, 5.41) is 11.1. The molecular formula is C13H16ClNO6S. The van der Waals surface area contributed by atoms with Gasteiger partial charge < -0.3 is 15.2 Å². The number of hydrogen-bond acceptors (Lipinski definition) is 5. The van der Waals surface area contributed by atoms with E-state index in [2.05, 4.69) is 5.32 Å². The average molecular weight is 350 g/mol. The van der Waals surface area contributed by atoms with E-state index in [9.17, 15) is 18.0 Å². The highest BCUT2D eigenvalue weighted by atomic mass is 35.5. The van der Waals surface area contributed by atoms with Crippen LogP contribution in [0.4, 0.5) is 5.69 Å². The van der Waals surface area contributed by atoms with Gasteiger partial charge in [-0.3, -0.25) is 4.79 Å². The predicted molar refractivity (Wildman–Crippen MR) is 82.1 cm³/mol. The number of carboxylic acid groups (broad SMARTS) is 1. The second-order valence-electron chi connectivity index (χ2n) is 5.06. The molecule has 1 amide bonds. The van der Waals surface area contributed by atoms with E-state index in [4.69, 9.17) is 21.4 Å². The van der Waals surface area contributed by atoms with Gasteiger partial charge in [-0.05, 0) is 32.0 Å². The summed E-state index contributed by atoms with van der Waals surface area (Å²) >= 11 is 5.91. The molecule has 1 rings (SSSR count). The standard InChI is InChI=1S/C13H16ClNO6S/c1-13(2,22(3,19)20)12(18)15-8-4-5-10(9(14)6-8)21-7-11(16)17/h4-6H,7H2,1-3H3,(H,15,18)(H,16,17). The number of carboxylic acids is 1. The van der Waals surface area contributed by atoms with E-state index in [1.807, 2.05) is 0 Å². The van der Waals surface area contributed by atoms with Gasteiger partial charge in [0.25, 0.3) is 0 Å². The van der Waals surface area contributed by atoms with E-state index in [0.29, 0.717) is 0 Å². The molecule has 0 aliphatic rings. The maximum atomic E-state index is 12.0. The SMILES string of the molecule is CC(C)(C(=O)Nc1ccc(OCC(=O)O)c(Cl)c1)S(C)(=O)=O. The minimum atomic E-state index is -3.59. The summed E-state index contributed by atoms with van der Waals surface area (Å²) < 4.78 is 26.5. The number of nitrogens with one attached hydrogen (secondary N) is 1. The number of carbonyl (C=O) groups is 2. The fourth-order valence-electron chi connectivity index (χ4n) is 1.29. The molecule has 122 valence electrons. The van der Waals surface area contributed by atoms with E-state index in [1.54, 1.807) is 0 Å². The van der Waals surface area contributed by atoms with E-state index in [-0.39, 0.29) is 16.5 Å². The Balaban J connectivity index is 2.90. The Morgan fingerprint density at radius 2 is 1.95 bits per heavy atom. The van der Waals surface area contributed by atoms with Crippen LogP contribution in [0.15, 0.2) is 18.2 Å². The minimum Gasteiger partial charge on any atom is -0.480 e. The minimum absolute atomic E-state index is 0.0937. The normalized spacial score (nSPS) is 11.8. The lowest BCUT2D eigenvalue weighted by molar-refractivity contribution is -0.139. The van der Waals surface area contributed by atoms with Gasteiger partial charge in [-0.2, -0.15) is 0 Å². The summed E-state index contributed by atoms with van der Waals surface area (Å²) in [4.78, 5) is 22.5. The van der Waals surface area contributed by atoms with Gasteiger partial charge in [0.15, 0.2) is 16.4 Å². The molecule has 0 heterocycles. The maximum Gasteiger partial charge on any atom is 0.341 e. The lowest BCUT2D eigenvalue weighted by Gasteiger charge is -2.21. The number of benzene rings is 1. The van der Waals surface area contributed by atoms with Crippen LogP contribution in [0.5, 0.6) is 5.75 Å². The number of carbonyl (C=O) groups excluding carboxylic acids is 1. The van der Waals surface area contributed by atoms with E-state index >= 15 is 0 Å². The molecule has 0 spiro atoms. The highest BCUT2D eigenvalue weighted by Gasteiger charge is 2.38. The van der Waals surface area contributed by atoms with Crippen molar-refractivity contribution >= 4 is 39.0 Å². The molecular weight excluding hydrogens is 334 g/mol. The van der Waals surface area contributed by atoms with E-state index < -0.39 is 33.1 Å². The van der Waals surface area contributed by atoms with Crippen molar-refractivity contribution in [2.24, 2.45) is 0 Å².